The normalized spacial score (nSPS) is 28.3. The lowest BCUT2D eigenvalue weighted by molar-refractivity contribution is -0.0536. The van der Waals surface area contributed by atoms with Gasteiger partial charge in [0.15, 0.2) is 0 Å². The van der Waals surface area contributed by atoms with Crippen molar-refractivity contribution < 1.29 is 9.47 Å². The topological polar surface area (TPSA) is 47.5 Å². The Kier molecular flexibility index (Phi) is 4.29. The van der Waals surface area contributed by atoms with Gasteiger partial charge in [0, 0.05) is 36.8 Å². The Bertz CT molecular complexity index is 622. The number of ether oxygens (including phenoxy) is 2. The van der Waals surface area contributed by atoms with Gasteiger partial charge in [-0.2, -0.15) is 0 Å². The summed E-state index contributed by atoms with van der Waals surface area (Å²) in [6.45, 7) is 3.79. The molecule has 122 valence electrons. The molecule has 0 bridgehead atoms. The van der Waals surface area contributed by atoms with Gasteiger partial charge in [-0.05, 0) is 36.9 Å². The van der Waals surface area contributed by atoms with E-state index < -0.39 is 0 Å². The highest BCUT2D eigenvalue weighted by Gasteiger charge is 2.44. The van der Waals surface area contributed by atoms with Crippen molar-refractivity contribution in [2.75, 3.05) is 19.7 Å². The molecule has 4 heterocycles. The lowest BCUT2D eigenvalue weighted by Gasteiger charge is -2.39. The first-order valence-corrected chi connectivity index (χ1v) is 9.02. The Morgan fingerprint density at radius 2 is 2.26 bits per heavy atom. The fraction of sp³-hybridized carbons (Fsp3) is 0.529. The number of likely N-dealkylation sites (tertiary alicyclic amines) is 1. The van der Waals surface area contributed by atoms with Gasteiger partial charge in [-0.25, -0.2) is 9.97 Å². The molecule has 0 saturated carbocycles. The summed E-state index contributed by atoms with van der Waals surface area (Å²) in [6, 6.07) is 6.57. The number of rotatable bonds is 4. The van der Waals surface area contributed by atoms with Crippen molar-refractivity contribution in [1.29, 1.82) is 0 Å². The monoisotopic (exact) mass is 331 g/mol. The quantitative estimate of drug-likeness (QED) is 0.862. The highest BCUT2D eigenvalue weighted by Crippen LogP contribution is 2.36. The van der Waals surface area contributed by atoms with Gasteiger partial charge in [0.05, 0.1) is 12.2 Å². The summed E-state index contributed by atoms with van der Waals surface area (Å²) in [5.41, 5.74) is -0.0606. The van der Waals surface area contributed by atoms with Gasteiger partial charge in [0.2, 0.25) is 0 Å². The number of hydrogen-bond donors (Lipinski definition) is 0. The van der Waals surface area contributed by atoms with E-state index in [0.717, 1.165) is 32.5 Å². The molecule has 2 aliphatic heterocycles. The molecule has 0 aromatic carbocycles. The summed E-state index contributed by atoms with van der Waals surface area (Å²) in [7, 11) is 0. The van der Waals surface area contributed by atoms with Crippen LogP contribution in [0, 0.1) is 0 Å². The molecule has 2 saturated heterocycles. The van der Waals surface area contributed by atoms with Gasteiger partial charge in [0.1, 0.15) is 6.10 Å². The van der Waals surface area contributed by atoms with Crippen LogP contribution in [-0.4, -0.2) is 46.3 Å². The molecular weight excluding hydrogens is 310 g/mol. The highest BCUT2D eigenvalue weighted by atomic mass is 32.1. The molecule has 23 heavy (non-hydrogen) atoms. The van der Waals surface area contributed by atoms with Gasteiger partial charge in [-0.1, -0.05) is 6.07 Å². The van der Waals surface area contributed by atoms with Gasteiger partial charge < -0.3 is 9.47 Å². The summed E-state index contributed by atoms with van der Waals surface area (Å²) in [5, 5.41) is 2.14. The first kappa shape index (κ1) is 15.1. The predicted octanol–water partition coefficient (Wildman–Crippen LogP) is 2.74. The molecule has 1 spiro atoms. The van der Waals surface area contributed by atoms with Gasteiger partial charge in [-0.3, -0.25) is 4.90 Å². The van der Waals surface area contributed by atoms with Crippen molar-refractivity contribution >= 4 is 11.3 Å². The molecule has 0 radical (unpaired) electrons. The van der Waals surface area contributed by atoms with Gasteiger partial charge >= 0.3 is 6.01 Å². The summed E-state index contributed by atoms with van der Waals surface area (Å²) in [5.74, 6) is 0. The average Bonchev–Trinajstić information content (AvgIpc) is 3.19. The van der Waals surface area contributed by atoms with E-state index in [1.54, 1.807) is 18.5 Å². The zero-order valence-electron chi connectivity index (χ0n) is 13.1. The minimum atomic E-state index is -0.0606. The number of nitrogens with zero attached hydrogens (tertiary/aromatic N) is 3. The van der Waals surface area contributed by atoms with E-state index >= 15 is 0 Å². The Labute approximate surface area is 140 Å². The van der Waals surface area contributed by atoms with E-state index in [9.17, 15) is 0 Å². The van der Waals surface area contributed by atoms with Crippen LogP contribution in [0.1, 0.15) is 24.1 Å². The summed E-state index contributed by atoms with van der Waals surface area (Å²) < 4.78 is 12.1. The van der Waals surface area contributed by atoms with Crippen molar-refractivity contribution in [2.24, 2.45) is 0 Å². The van der Waals surface area contributed by atoms with Crippen LogP contribution in [0.2, 0.25) is 0 Å². The number of piperidine rings is 1. The smallest absolute Gasteiger partial charge is 0.316 e. The van der Waals surface area contributed by atoms with Crippen molar-refractivity contribution in [3.05, 3.63) is 40.8 Å². The predicted molar refractivity (Wildman–Crippen MR) is 88.6 cm³/mol. The second-order valence-corrected chi connectivity index (χ2v) is 7.40. The molecule has 0 N–H and O–H groups in total. The minimum absolute atomic E-state index is 0.0547. The molecule has 0 amide bonds. The molecule has 0 aliphatic carbocycles. The van der Waals surface area contributed by atoms with Crippen LogP contribution in [0.25, 0.3) is 0 Å². The summed E-state index contributed by atoms with van der Waals surface area (Å²) >= 11 is 1.83. The standard InChI is InChI=1S/C17H21N3O2S/c1-4-15(23-9-1)11-20-8-2-5-17(13-20)10-14(12-21-17)22-16-18-6-3-7-19-16/h1,3-4,6-7,9,14H,2,5,8,10-13H2. The van der Waals surface area contributed by atoms with Crippen LogP contribution in [0.4, 0.5) is 0 Å². The third-order valence-electron chi connectivity index (χ3n) is 4.57. The lowest BCUT2D eigenvalue weighted by Crippen LogP contribution is -2.47. The zero-order valence-corrected chi connectivity index (χ0v) is 13.9. The second kappa shape index (κ2) is 6.55. The fourth-order valence-corrected chi connectivity index (χ4v) is 4.35. The largest absolute Gasteiger partial charge is 0.458 e. The first-order valence-electron chi connectivity index (χ1n) is 8.14. The molecule has 4 rings (SSSR count). The third kappa shape index (κ3) is 3.54. The van der Waals surface area contributed by atoms with Crippen molar-refractivity contribution in [1.82, 2.24) is 14.9 Å². The van der Waals surface area contributed by atoms with E-state index in [0.29, 0.717) is 12.6 Å². The summed E-state index contributed by atoms with van der Waals surface area (Å²) in [4.78, 5) is 12.2. The molecule has 2 aromatic heterocycles. The average molecular weight is 331 g/mol. The molecule has 2 aromatic rings. The number of thiophene rings is 1. The molecular formula is C17H21N3O2S. The zero-order chi connectivity index (χ0) is 15.5. The van der Waals surface area contributed by atoms with Crippen LogP contribution in [0.5, 0.6) is 6.01 Å². The Morgan fingerprint density at radius 1 is 1.35 bits per heavy atom. The maximum atomic E-state index is 6.20. The van der Waals surface area contributed by atoms with Crippen LogP contribution in [0.3, 0.4) is 0 Å². The minimum Gasteiger partial charge on any atom is -0.458 e. The number of hydrogen-bond acceptors (Lipinski definition) is 6. The maximum Gasteiger partial charge on any atom is 0.316 e. The van der Waals surface area contributed by atoms with Crippen LogP contribution >= 0.6 is 11.3 Å². The van der Waals surface area contributed by atoms with E-state index in [2.05, 4.69) is 32.4 Å². The van der Waals surface area contributed by atoms with E-state index in [4.69, 9.17) is 9.47 Å². The number of aromatic nitrogens is 2. The van der Waals surface area contributed by atoms with Gasteiger partial charge in [0.25, 0.3) is 0 Å². The molecule has 6 heteroatoms. The molecule has 2 aliphatic rings. The lowest BCUT2D eigenvalue weighted by atomic mass is 9.89. The van der Waals surface area contributed by atoms with E-state index in [-0.39, 0.29) is 11.7 Å². The summed E-state index contributed by atoms with van der Waals surface area (Å²) in [6.07, 6.45) is 6.68. The van der Waals surface area contributed by atoms with Crippen molar-refractivity contribution in [3.8, 4) is 6.01 Å². The Hall–Kier alpha value is -1.50. The SMILES string of the molecule is c1cnc(OC2COC3(CCCN(Cc4cccs4)C3)C2)nc1. The van der Waals surface area contributed by atoms with E-state index in [1.807, 2.05) is 11.3 Å². The van der Waals surface area contributed by atoms with Crippen LogP contribution < -0.4 is 4.74 Å². The van der Waals surface area contributed by atoms with Crippen molar-refractivity contribution in [3.63, 3.8) is 0 Å². The Morgan fingerprint density at radius 3 is 3.09 bits per heavy atom. The Balaban J connectivity index is 1.37. The highest BCUT2D eigenvalue weighted by molar-refractivity contribution is 7.09. The fourth-order valence-electron chi connectivity index (χ4n) is 3.61. The molecule has 2 unspecified atom stereocenters. The maximum absolute atomic E-state index is 6.20. The molecule has 2 atom stereocenters. The molecule has 5 nitrogen and oxygen atoms in total. The molecule has 2 fully saturated rings. The second-order valence-electron chi connectivity index (χ2n) is 6.36. The van der Waals surface area contributed by atoms with E-state index in [1.165, 1.54) is 11.3 Å². The van der Waals surface area contributed by atoms with Crippen LogP contribution in [-0.2, 0) is 11.3 Å². The van der Waals surface area contributed by atoms with Crippen molar-refractivity contribution in [2.45, 2.75) is 37.5 Å². The third-order valence-corrected chi connectivity index (χ3v) is 5.43. The van der Waals surface area contributed by atoms with Gasteiger partial charge in [-0.15, -0.1) is 11.3 Å². The van der Waals surface area contributed by atoms with Crippen LogP contribution in [0.15, 0.2) is 36.0 Å². The first-order chi connectivity index (χ1) is 11.3.